The number of rotatable bonds is 9. The Morgan fingerprint density at radius 3 is 2.83 bits per heavy atom. The normalized spacial score (nSPS) is 18.7. The molecule has 0 saturated carbocycles. The van der Waals surface area contributed by atoms with Crippen LogP contribution in [0.3, 0.4) is 0 Å². The lowest BCUT2D eigenvalue weighted by molar-refractivity contribution is -0.498. The van der Waals surface area contributed by atoms with Crippen molar-refractivity contribution in [2.24, 2.45) is 10.7 Å². The second kappa shape index (κ2) is 9.08. The Morgan fingerprint density at radius 1 is 1.46 bits per heavy atom. The predicted molar refractivity (Wildman–Crippen MR) is 97.0 cm³/mol. The molecule has 0 aliphatic carbocycles. The van der Waals surface area contributed by atoms with Crippen LogP contribution in [0.15, 0.2) is 21.5 Å². The van der Waals surface area contributed by atoms with Gasteiger partial charge in [0.1, 0.15) is 11.5 Å². The van der Waals surface area contributed by atoms with E-state index in [1.165, 1.54) is 19.8 Å². The van der Waals surface area contributed by atoms with Gasteiger partial charge < -0.3 is 10.2 Å². The molecule has 2 atom stereocenters. The van der Waals surface area contributed by atoms with Crippen LogP contribution in [0.25, 0.3) is 0 Å². The first-order chi connectivity index (χ1) is 11.5. The number of thioether (sulfide) groups is 1. The highest BCUT2D eigenvalue weighted by atomic mass is 32.2. The molecule has 7 nitrogen and oxygen atoms in total. The third kappa shape index (κ3) is 5.52. The molecule has 1 aliphatic rings. The molecule has 2 rings (SSSR count). The molecule has 2 unspecified atom stereocenters. The zero-order valence-corrected chi connectivity index (χ0v) is 15.1. The minimum Gasteiger partial charge on any atom is -0.464 e. The maximum absolute atomic E-state index is 10.6. The lowest BCUT2D eigenvalue weighted by Crippen LogP contribution is -2.33. The number of nitrogens with zero attached hydrogens (tertiary/aromatic N) is 3. The fraction of sp³-hybridized carbons (Fsp3) is 0.688. The molecular weight excluding hydrogens is 328 g/mol. The molecule has 0 spiro atoms. The molecule has 2 N–H and O–H groups in total. The number of aliphatic imine (C=N–C) groups is 1. The van der Waals surface area contributed by atoms with Crippen LogP contribution in [0.2, 0.25) is 0 Å². The van der Waals surface area contributed by atoms with Crippen LogP contribution in [0.4, 0.5) is 0 Å². The van der Waals surface area contributed by atoms with Crippen molar-refractivity contribution in [2.45, 2.75) is 44.5 Å². The lowest BCUT2D eigenvalue weighted by Gasteiger charge is -2.12. The predicted octanol–water partition coefficient (Wildman–Crippen LogP) is 2.69. The van der Waals surface area contributed by atoms with Gasteiger partial charge in [0.2, 0.25) is 0 Å². The van der Waals surface area contributed by atoms with Crippen molar-refractivity contribution in [1.82, 2.24) is 4.90 Å². The van der Waals surface area contributed by atoms with Crippen LogP contribution in [0.5, 0.6) is 0 Å². The molecular formula is C16H26N4O3S. The van der Waals surface area contributed by atoms with E-state index >= 15 is 0 Å². The standard InChI is InChI=1S/C16H26N4O3S/c1-12(20(21)22)16(17)18-7-10-24-13(2)15-6-5-14(23-15)11-19-8-3-4-9-19/h5-6,12-13H,3-4,7-11H2,1-2H3,(H2,17,18). The van der Waals surface area contributed by atoms with Crippen LogP contribution < -0.4 is 5.73 Å². The fourth-order valence-corrected chi connectivity index (χ4v) is 3.43. The number of nitro groups is 1. The van der Waals surface area contributed by atoms with Crippen LogP contribution in [0.1, 0.15) is 43.5 Å². The van der Waals surface area contributed by atoms with Crippen molar-refractivity contribution in [1.29, 1.82) is 0 Å². The zero-order chi connectivity index (χ0) is 17.5. The number of likely N-dealkylation sites (tertiary alicyclic amines) is 1. The minimum atomic E-state index is -0.925. The molecule has 0 radical (unpaired) electrons. The van der Waals surface area contributed by atoms with Crippen molar-refractivity contribution in [3.05, 3.63) is 33.8 Å². The molecule has 1 aromatic rings. The smallest absolute Gasteiger partial charge is 0.266 e. The monoisotopic (exact) mass is 354 g/mol. The summed E-state index contributed by atoms with van der Waals surface area (Å²) in [5.41, 5.74) is 5.60. The van der Waals surface area contributed by atoms with Crippen molar-refractivity contribution < 1.29 is 9.34 Å². The average Bonchev–Trinajstić information content (AvgIpc) is 3.22. The molecule has 1 fully saturated rings. The van der Waals surface area contributed by atoms with Crippen molar-refractivity contribution in [3.8, 4) is 0 Å². The summed E-state index contributed by atoms with van der Waals surface area (Å²) in [6.07, 6.45) is 2.55. The van der Waals surface area contributed by atoms with Gasteiger partial charge in [-0.2, -0.15) is 0 Å². The summed E-state index contributed by atoms with van der Waals surface area (Å²) < 4.78 is 5.94. The molecule has 0 aromatic carbocycles. The van der Waals surface area contributed by atoms with Gasteiger partial charge in [0, 0.05) is 17.6 Å². The first-order valence-electron chi connectivity index (χ1n) is 8.33. The second-order valence-corrected chi connectivity index (χ2v) is 7.52. The first kappa shape index (κ1) is 18.8. The van der Waals surface area contributed by atoms with Crippen molar-refractivity contribution >= 4 is 17.6 Å². The van der Waals surface area contributed by atoms with E-state index in [1.54, 1.807) is 11.8 Å². The Bertz CT molecular complexity index is 569. The molecule has 1 aliphatic heterocycles. The number of amidine groups is 1. The Balaban J connectivity index is 1.74. The molecule has 1 saturated heterocycles. The van der Waals surface area contributed by atoms with E-state index in [2.05, 4.69) is 22.9 Å². The second-order valence-electron chi connectivity index (χ2n) is 6.07. The molecule has 8 heteroatoms. The highest BCUT2D eigenvalue weighted by molar-refractivity contribution is 7.99. The maximum Gasteiger partial charge on any atom is 0.266 e. The third-order valence-electron chi connectivity index (χ3n) is 4.16. The minimum absolute atomic E-state index is 0.0825. The molecule has 2 heterocycles. The molecule has 0 bridgehead atoms. The summed E-state index contributed by atoms with van der Waals surface area (Å²) in [4.78, 5) is 16.7. The number of hydrogen-bond acceptors (Lipinski definition) is 6. The van der Waals surface area contributed by atoms with E-state index in [0.717, 1.165) is 36.9 Å². The zero-order valence-electron chi connectivity index (χ0n) is 14.3. The van der Waals surface area contributed by atoms with Gasteiger partial charge in [-0.05, 0) is 45.0 Å². The van der Waals surface area contributed by atoms with E-state index < -0.39 is 11.0 Å². The van der Waals surface area contributed by atoms with Gasteiger partial charge >= 0.3 is 0 Å². The summed E-state index contributed by atoms with van der Waals surface area (Å²) in [5, 5.41) is 10.8. The van der Waals surface area contributed by atoms with Gasteiger partial charge in [-0.1, -0.05) is 0 Å². The quantitative estimate of drug-likeness (QED) is 0.241. The van der Waals surface area contributed by atoms with E-state index in [1.807, 2.05) is 6.07 Å². The van der Waals surface area contributed by atoms with Gasteiger partial charge in [-0.25, -0.2) is 0 Å². The van der Waals surface area contributed by atoms with Crippen molar-refractivity contribution in [2.75, 3.05) is 25.4 Å². The van der Waals surface area contributed by atoms with E-state index in [0.29, 0.717) is 6.54 Å². The van der Waals surface area contributed by atoms with Crippen molar-refractivity contribution in [3.63, 3.8) is 0 Å². The summed E-state index contributed by atoms with van der Waals surface area (Å²) in [5.74, 6) is 2.81. The van der Waals surface area contributed by atoms with Crippen LogP contribution in [0, 0.1) is 10.1 Å². The Hall–Kier alpha value is -1.54. The summed E-state index contributed by atoms with van der Waals surface area (Å²) >= 11 is 1.71. The first-order valence-corrected chi connectivity index (χ1v) is 9.38. The Morgan fingerprint density at radius 2 is 2.17 bits per heavy atom. The van der Waals surface area contributed by atoms with E-state index in [9.17, 15) is 10.1 Å². The highest BCUT2D eigenvalue weighted by Crippen LogP contribution is 2.30. The number of nitrogens with two attached hydrogens (primary N) is 1. The third-order valence-corrected chi connectivity index (χ3v) is 5.31. The van der Waals surface area contributed by atoms with E-state index in [-0.39, 0.29) is 11.1 Å². The van der Waals surface area contributed by atoms with Crippen LogP contribution in [-0.2, 0) is 6.54 Å². The van der Waals surface area contributed by atoms with Gasteiger partial charge in [0.25, 0.3) is 6.04 Å². The van der Waals surface area contributed by atoms with Gasteiger partial charge in [-0.15, -0.1) is 11.8 Å². The van der Waals surface area contributed by atoms with Gasteiger partial charge in [0.15, 0.2) is 5.84 Å². The molecule has 0 amide bonds. The molecule has 24 heavy (non-hydrogen) atoms. The number of furan rings is 1. The lowest BCUT2D eigenvalue weighted by atomic mass is 10.3. The van der Waals surface area contributed by atoms with Gasteiger partial charge in [-0.3, -0.25) is 20.0 Å². The fourth-order valence-electron chi connectivity index (χ4n) is 2.59. The number of hydrogen-bond donors (Lipinski definition) is 1. The summed E-state index contributed by atoms with van der Waals surface area (Å²) in [6.45, 7) is 7.21. The van der Waals surface area contributed by atoms with Gasteiger partial charge in [0.05, 0.1) is 18.3 Å². The summed E-state index contributed by atoms with van der Waals surface area (Å²) in [7, 11) is 0. The Kier molecular flexibility index (Phi) is 7.11. The average molecular weight is 354 g/mol. The highest BCUT2D eigenvalue weighted by Gasteiger charge is 2.18. The molecule has 134 valence electrons. The topological polar surface area (TPSA) is 97.9 Å². The van der Waals surface area contributed by atoms with Crippen LogP contribution >= 0.6 is 11.8 Å². The molecule has 1 aromatic heterocycles. The maximum atomic E-state index is 10.6. The Labute approximate surface area is 146 Å². The van der Waals surface area contributed by atoms with E-state index in [4.69, 9.17) is 10.2 Å². The largest absolute Gasteiger partial charge is 0.464 e. The van der Waals surface area contributed by atoms with Crippen LogP contribution in [-0.4, -0.2) is 47.1 Å². The summed E-state index contributed by atoms with van der Waals surface area (Å²) in [6, 6.07) is 3.17. The SMILES string of the molecule is CC(SCCN=C(N)C(C)[N+](=O)[O-])c1ccc(CN2CCCC2)o1.